The Bertz CT molecular complexity index is 2310. The van der Waals surface area contributed by atoms with E-state index < -0.39 is 0 Å². The Morgan fingerprint density at radius 2 is 1.29 bits per heavy atom. The zero-order valence-electron chi connectivity index (χ0n) is 24.4. The minimum Gasteiger partial charge on any atom is -0.356 e. The molecule has 6 heteroatoms. The molecule has 1 aliphatic rings. The predicted molar refractivity (Wildman–Crippen MR) is 193 cm³/mol. The van der Waals surface area contributed by atoms with Crippen LogP contribution in [0.3, 0.4) is 0 Å². The molecule has 1 aliphatic heterocycles. The molecular formula is C39H30N4S2. The zero-order chi connectivity index (χ0) is 29.7. The standard InChI is InChI=1S/C39H30N4S2/c1-3-12-25(13-4-1)31-22-32-29-18-8-9-20-34(29)44-36(32)23-33(31)41-39(43-38(42-43)26-14-5-2-6-15-26)40-24-27-16-11-19-30-28-17-7-10-21-35(28)45-37(27)30/h1-23,38-42H,24H2/t38?,39?,43-/m0/s1. The Balaban J connectivity index is 1.12. The smallest absolute Gasteiger partial charge is 0.149 e. The van der Waals surface area contributed by atoms with Gasteiger partial charge in [0, 0.05) is 58.1 Å². The van der Waals surface area contributed by atoms with Gasteiger partial charge in [0.15, 0.2) is 0 Å². The normalized spacial score (nSPS) is 16.9. The van der Waals surface area contributed by atoms with Crippen molar-refractivity contribution in [2.45, 2.75) is 19.0 Å². The van der Waals surface area contributed by atoms with Gasteiger partial charge in [-0.15, -0.1) is 22.7 Å². The molecule has 3 atom stereocenters. The molecule has 0 bridgehead atoms. The summed E-state index contributed by atoms with van der Waals surface area (Å²) in [6, 6.07) is 50.2. The average Bonchev–Trinajstić information content (AvgIpc) is 3.68. The van der Waals surface area contributed by atoms with Crippen molar-refractivity contribution >= 4 is 68.7 Å². The van der Waals surface area contributed by atoms with E-state index in [0.717, 1.165) is 12.2 Å². The Hall–Kier alpha value is -4.56. The number of benzene rings is 6. The van der Waals surface area contributed by atoms with Gasteiger partial charge in [0.2, 0.25) is 0 Å². The van der Waals surface area contributed by atoms with E-state index in [0.29, 0.717) is 0 Å². The maximum Gasteiger partial charge on any atom is 0.149 e. The van der Waals surface area contributed by atoms with Crippen LogP contribution in [0.4, 0.5) is 5.69 Å². The van der Waals surface area contributed by atoms with Gasteiger partial charge in [-0.3, -0.25) is 5.32 Å². The second-order valence-corrected chi connectivity index (χ2v) is 13.7. The van der Waals surface area contributed by atoms with Crippen LogP contribution in [0.1, 0.15) is 17.3 Å². The van der Waals surface area contributed by atoms with Crippen molar-refractivity contribution in [1.82, 2.24) is 15.8 Å². The Kier molecular flexibility index (Phi) is 6.62. The number of rotatable bonds is 8. The van der Waals surface area contributed by atoms with Crippen LogP contribution >= 0.6 is 22.7 Å². The highest BCUT2D eigenvalue weighted by molar-refractivity contribution is 7.26. The molecule has 6 aromatic carbocycles. The third-order valence-electron chi connectivity index (χ3n) is 8.74. The average molecular weight is 619 g/mol. The maximum atomic E-state index is 3.95. The van der Waals surface area contributed by atoms with Gasteiger partial charge in [0.05, 0.1) is 0 Å². The highest BCUT2D eigenvalue weighted by Gasteiger charge is 2.41. The molecule has 0 saturated carbocycles. The van der Waals surface area contributed by atoms with Crippen LogP contribution in [0, 0.1) is 0 Å². The van der Waals surface area contributed by atoms with E-state index in [1.165, 1.54) is 62.6 Å². The molecule has 8 aromatic rings. The predicted octanol–water partition coefficient (Wildman–Crippen LogP) is 10.1. The number of anilines is 1. The van der Waals surface area contributed by atoms with E-state index in [9.17, 15) is 0 Å². The lowest BCUT2D eigenvalue weighted by molar-refractivity contribution is 0.322. The molecule has 0 spiro atoms. The molecule has 45 heavy (non-hydrogen) atoms. The summed E-state index contributed by atoms with van der Waals surface area (Å²) in [6.07, 6.45) is -0.0290. The molecule has 0 radical (unpaired) electrons. The number of hydrazine groups is 1. The molecule has 0 amide bonds. The van der Waals surface area contributed by atoms with E-state index in [1.54, 1.807) is 0 Å². The van der Waals surface area contributed by atoms with Crippen LogP contribution in [0.2, 0.25) is 0 Å². The summed E-state index contributed by atoms with van der Waals surface area (Å²) in [5, 5.41) is 15.4. The zero-order valence-corrected chi connectivity index (χ0v) is 26.0. The molecule has 1 saturated heterocycles. The van der Waals surface area contributed by atoms with E-state index in [1.807, 2.05) is 22.7 Å². The Morgan fingerprint density at radius 1 is 0.622 bits per heavy atom. The van der Waals surface area contributed by atoms with E-state index in [-0.39, 0.29) is 12.5 Å². The highest BCUT2D eigenvalue weighted by Crippen LogP contribution is 2.41. The fourth-order valence-electron chi connectivity index (χ4n) is 6.47. The van der Waals surface area contributed by atoms with Gasteiger partial charge in [-0.05, 0) is 41.0 Å². The van der Waals surface area contributed by atoms with Crippen LogP contribution in [-0.2, 0) is 6.54 Å². The van der Waals surface area contributed by atoms with Gasteiger partial charge in [-0.2, -0.15) is 5.01 Å². The molecule has 3 N–H and O–H groups in total. The first kappa shape index (κ1) is 26.8. The van der Waals surface area contributed by atoms with Gasteiger partial charge in [-0.25, -0.2) is 5.43 Å². The van der Waals surface area contributed by atoms with Gasteiger partial charge < -0.3 is 5.32 Å². The molecule has 4 nitrogen and oxygen atoms in total. The van der Waals surface area contributed by atoms with Crippen molar-refractivity contribution < 1.29 is 0 Å². The first-order valence-corrected chi connectivity index (χ1v) is 16.9. The summed E-state index contributed by atoms with van der Waals surface area (Å²) in [4.78, 5) is 0. The summed E-state index contributed by atoms with van der Waals surface area (Å²) < 4.78 is 5.27. The summed E-state index contributed by atoms with van der Waals surface area (Å²) in [5.74, 6) is 0. The summed E-state index contributed by atoms with van der Waals surface area (Å²) in [7, 11) is 0. The number of nitrogens with zero attached hydrogens (tertiary/aromatic N) is 1. The summed E-state index contributed by atoms with van der Waals surface area (Å²) >= 11 is 3.73. The van der Waals surface area contributed by atoms with Crippen molar-refractivity contribution in [1.29, 1.82) is 0 Å². The molecule has 218 valence electrons. The third kappa shape index (κ3) is 4.88. The lowest BCUT2D eigenvalue weighted by Crippen LogP contribution is -2.43. The monoisotopic (exact) mass is 618 g/mol. The number of nitrogens with one attached hydrogen (secondary N) is 3. The molecule has 9 rings (SSSR count). The number of fused-ring (bicyclic) bond motifs is 6. The van der Waals surface area contributed by atoms with Crippen molar-refractivity contribution in [3.63, 3.8) is 0 Å². The number of thiophene rings is 2. The summed E-state index contributed by atoms with van der Waals surface area (Å²) in [5.41, 5.74) is 9.70. The quantitative estimate of drug-likeness (QED) is 0.117. The minimum atomic E-state index is -0.158. The van der Waals surface area contributed by atoms with Gasteiger partial charge in [0.25, 0.3) is 0 Å². The fourth-order valence-corrected chi connectivity index (χ4v) is 8.81. The Morgan fingerprint density at radius 3 is 2.09 bits per heavy atom. The SMILES string of the molecule is c1ccc(-c2cc3c(cc2NC(NCc2cccc4c2sc2ccccc24)[N@@]2NC2c2ccccc2)sc2ccccc23)cc1. The maximum absolute atomic E-state index is 3.95. The summed E-state index contributed by atoms with van der Waals surface area (Å²) in [6.45, 7) is 0.729. The minimum absolute atomic E-state index is 0.129. The van der Waals surface area contributed by atoms with Crippen molar-refractivity contribution in [2.24, 2.45) is 0 Å². The van der Waals surface area contributed by atoms with E-state index in [2.05, 4.69) is 161 Å². The van der Waals surface area contributed by atoms with Crippen molar-refractivity contribution in [3.8, 4) is 11.1 Å². The second kappa shape index (κ2) is 11.1. The van der Waals surface area contributed by atoms with Crippen LogP contribution in [0.25, 0.3) is 51.5 Å². The first-order valence-electron chi connectivity index (χ1n) is 15.3. The van der Waals surface area contributed by atoms with Gasteiger partial charge >= 0.3 is 0 Å². The number of hydrogen-bond donors (Lipinski definition) is 3. The Labute approximate surface area is 269 Å². The van der Waals surface area contributed by atoms with Crippen LogP contribution < -0.4 is 16.1 Å². The molecule has 2 unspecified atom stereocenters. The lowest BCUT2D eigenvalue weighted by Gasteiger charge is -2.24. The van der Waals surface area contributed by atoms with Crippen LogP contribution in [0.15, 0.2) is 140 Å². The van der Waals surface area contributed by atoms with Crippen LogP contribution in [0.5, 0.6) is 0 Å². The molecule has 0 aliphatic carbocycles. The van der Waals surface area contributed by atoms with Gasteiger partial charge in [-0.1, -0.05) is 115 Å². The lowest BCUT2D eigenvalue weighted by atomic mass is 10.0. The molecule has 2 aromatic heterocycles. The largest absolute Gasteiger partial charge is 0.356 e. The fraction of sp³-hybridized carbons (Fsp3) is 0.0769. The highest BCUT2D eigenvalue weighted by atomic mass is 32.1. The molecule has 1 fully saturated rings. The third-order valence-corrected chi connectivity index (χ3v) is 11.1. The second-order valence-electron chi connectivity index (χ2n) is 11.5. The van der Waals surface area contributed by atoms with E-state index in [4.69, 9.17) is 0 Å². The molecule has 3 heterocycles. The van der Waals surface area contributed by atoms with Crippen molar-refractivity contribution in [2.75, 3.05) is 5.32 Å². The topological polar surface area (TPSA) is 49.0 Å². The molecular weight excluding hydrogens is 589 g/mol. The number of hydrogen-bond acceptors (Lipinski definition) is 6. The van der Waals surface area contributed by atoms with Crippen LogP contribution in [-0.4, -0.2) is 11.3 Å². The van der Waals surface area contributed by atoms with Crippen molar-refractivity contribution in [3.05, 3.63) is 151 Å². The first-order chi connectivity index (χ1) is 22.3. The van der Waals surface area contributed by atoms with E-state index >= 15 is 0 Å². The van der Waals surface area contributed by atoms with Gasteiger partial charge in [0.1, 0.15) is 12.5 Å².